The second kappa shape index (κ2) is 10.8. The number of sulfonamides is 1. The van der Waals surface area contributed by atoms with Crippen LogP contribution in [-0.2, 0) is 10.0 Å². The average Bonchev–Trinajstić information content (AvgIpc) is 2.89. The molecule has 2 aliphatic rings. The normalized spacial score (nSPS) is 18.1. The Morgan fingerprint density at radius 1 is 1.00 bits per heavy atom. The predicted molar refractivity (Wildman–Crippen MR) is 134 cm³/mol. The fourth-order valence-electron chi connectivity index (χ4n) is 4.95. The molecular weight excluding hydrogens is 450 g/mol. The SMILES string of the molecule is COc1ccc(N2CCC(NC(=O)c3cccc(S(=O)(=O)N(C)C4CCCCC4)c3)CC2)cc1. The van der Waals surface area contributed by atoms with Gasteiger partial charge in [-0.15, -0.1) is 0 Å². The second-order valence-electron chi connectivity index (χ2n) is 9.27. The smallest absolute Gasteiger partial charge is 0.251 e. The van der Waals surface area contributed by atoms with E-state index in [0.717, 1.165) is 63.1 Å². The van der Waals surface area contributed by atoms with Crippen LogP contribution in [0, 0.1) is 0 Å². The Labute approximate surface area is 203 Å². The molecule has 0 atom stereocenters. The third-order valence-corrected chi connectivity index (χ3v) is 9.04. The van der Waals surface area contributed by atoms with Gasteiger partial charge < -0.3 is 15.0 Å². The van der Waals surface area contributed by atoms with Crippen LogP contribution in [0.3, 0.4) is 0 Å². The van der Waals surface area contributed by atoms with Gasteiger partial charge in [-0.25, -0.2) is 8.42 Å². The van der Waals surface area contributed by atoms with Gasteiger partial charge in [0.05, 0.1) is 12.0 Å². The van der Waals surface area contributed by atoms with E-state index in [-0.39, 0.29) is 22.9 Å². The molecule has 1 N–H and O–H groups in total. The van der Waals surface area contributed by atoms with Crippen molar-refractivity contribution in [3.05, 3.63) is 54.1 Å². The van der Waals surface area contributed by atoms with Gasteiger partial charge in [-0.1, -0.05) is 25.3 Å². The second-order valence-corrected chi connectivity index (χ2v) is 11.3. The molecule has 8 heteroatoms. The molecule has 184 valence electrons. The number of anilines is 1. The van der Waals surface area contributed by atoms with Crippen molar-refractivity contribution in [2.45, 2.75) is 61.9 Å². The molecule has 0 radical (unpaired) electrons. The lowest BCUT2D eigenvalue weighted by Gasteiger charge is -2.34. The van der Waals surface area contributed by atoms with E-state index >= 15 is 0 Å². The third-order valence-electron chi connectivity index (χ3n) is 7.13. The lowest BCUT2D eigenvalue weighted by molar-refractivity contribution is 0.0931. The number of carbonyl (C=O) groups is 1. The minimum Gasteiger partial charge on any atom is -0.497 e. The van der Waals surface area contributed by atoms with Gasteiger partial charge in [0, 0.05) is 43.5 Å². The van der Waals surface area contributed by atoms with Crippen molar-refractivity contribution in [2.75, 3.05) is 32.1 Å². The number of ether oxygens (including phenoxy) is 1. The van der Waals surface area contributed by atoms with E-state index in [1.807, 2.05) is 24.3 Å². The Bertz CT molecular complexity index is 1070. The lowest BCUT2D eigenvalue weighted by Crippen LogP contribution is -2.44. The molecule has 0 aromatic heterocycles. The maximum atomic E-state index is 13.2. The topological polar surface area (TPSA) is 79.0 Å². The highest BCUT2D eigenvalue weighted by Gasteiger charge is 2.30. The Morgan fingerprint density at radius 2 is 1.68 bits per heavy atom. The van der Waals surface area contributed by atoms with Crippen molar-refractivity contribution in [3.63, 3.8) is 0 Å². The van der Waals surface area contributed by atoms with Crippen LogP contribution in [-0.4, -0.2) is 58.0 Å². The molecule has 4 rings (SSSR count). The zero-order valence-electron chi connectivity index (χ0n) is 20.1. The number of hydrogen-bond acceptors (Lipinski definition) is 5. The summed E-state index contributed by atoms with van der Waals surface area (Å²) in [5, 5.41) is 3.10. The Morgan fingerprint density at radius 3 is 2.32 bits per heavy atom. The molecule has 0 spiro atoms. The Kier molecular flexibility index (Phi) is 7.78. The molecule has 2 aromatic rings. The first-order valence-electron chi connectivity index (χ1n) is 12.2. The van der Waals surface area contributed by atoms with Gasteiger partial charge in [0.25, 0.3) is 5.91 Å². The quantitative estimate of drug-likeness (QED) is 0.640. The number of nitrogens with one attached hydrogen (secondary N) is 1. The molecule has 1 amide bonds. The van der Waals surface area contributed by atoms with E-state index in [0.29, 0.717) is 5.56 Å². The largest absolute Gasteiger partial charge is 0.497 e. The predicted octanol–water partition coefficient (Wildman–Crippen LogP) is 4.05. The van der Waals surface area contributed by atoms with Crippen molar-refractivity contribution in [2.24, 2.45) is 0 Å². The zero-order chi connectivity index (χ0) is 24.1. The molecule has 2 aromatic carbocycles. The summed E-state index contributed by atoms with van der Waals surface area (Å²) in [6.07, 6.45) is 6.74. The van der Waals surface area contributed by atoms with Gasteiger partial charge in [0.2, 0.25) is 10.0 Å². The molecule has 2 fully saturated rings. The maximum Gasteiger partial charge on any atom is 0.251 e. The molecule has 34 heavy (non-hydrogen) atoms. The summed E-state index contributed by atoms with van der Waals surface area (Å²) in [4.78, 5) is 15.4. The van der Waals surface area contributed by atoms with Crippen LogP contribution in [0.5, 0.6) is 5.75 Å². The molecule has 0 unspecified atom stereocenters. The summed E-state index contributed by atoms with van der Waals surface area (Å²) in [7, 11) is -0.316. The lowest BCUT2D eigenvalue weighted by atomic mass is 9.96. The van der Waals surface area contributed by atoms with E-state index in [1.165, 1.54) is 16.8 Å². The van der Waals surface area contributed by atoms with Crippen LogP contribution >= 0.6 is 0 Å². The standard InChI is InChI=1S/C26H35N3O4S/c1-28(22-8-4-3-5-9-22)34(31,32)25-10-6-7-20(19-25)26(30)27-21-15-17-29(18-16-21)23-11-13-24(33-2)14-12-23/h6-7,10-14,19,21-22H,3-5,8-9,15-18H2,1-2H3,(H,27,30). The van der Waals surface area contributed by atoms with E-state index in [2.05, 4.69) is 10.2 Å². The van der Waals surface area contributed by atoms with E-state index in [9.17, 15) is 13.2 Å². The van der Waals surface area contributed by atoms with Crippen molar-refractivity contribution in [1.29, 1.82) is 0 Å². The summed E-state index contributed by atoms with van der Waals surface area (Å²) >= 11 is 0. The number of rotatable bonds is 7. The highest BCUT2D eigenvalue weighted by atomic mass is 32.2. The van der Waals surface area contributed by atoms with E-state index < -0.39 is 10.0 Å². The van der Waals surface area contributed by atoms with Crippen molar-refractivity contribution in [1.82, 2.24) is 9.62 Å². The van der Waals surface area contributed by atoms with E-state index in [4.69, 9.17) is 4.74 Å². The average molecular weight is 486 g/mol. The Balaban J connectivity index is 1.36. The first-order valence-corrected chi connectivity index (χ1v) is 13.6. The maximum absolute atomic E-state index is 13.2. The molecular formula is C26H35N3O4S. The number of piperidine rings is 1. The van der Waals surface area contributed by atoms with Crippen LogP contribution in [0.2, 0.25) is 0 Å². The van der Waals surface area contributed by atoms with Gasteiger partial charge >= 0.3 is 0 Å². The Hall–Kier alpha value is -2.58. The van der Waals surface area contributed by atoms with Crippen molar-refractivity contribution >= 4 is 21.6 Å². The van der Waals surface area contributed by atoms with Crippen LogP contribution < -0.4 is 15.0 Å². The molecule has 1 saturated carbocycles. The number of methoxy groups -OCH3 is 1. The summed E-state index contributed by atoms with van der Waals surface area (Å²) in [5.74, 6) is 0.611. The molecule has 1 saturated heterocycles. The van der Waals surface area contributed by atoms with Crippen LogP contribution in [0.4, 0.5) is 5.69 Å². The third kappa shape index (κ3) is 5.55. The van der Waals surface area contributed by atoms with Gasteiger partial charge in [-0.2, -0.15) is 4.31 Å². The summed E-state index contributed by atoms with van der Waals surface area (Å²) in [5.41, 5.74) is 1.53. The summed E-state index contributed by atoms with van der Waals surface area (Å²) in [6.45, 7) is 1.69. The van der Waals surface area contributed by atoms with Crippen LogP contribution in [0.15, 0.2) is 53.4 Å². The first-order chi connectivity index (χ1) is 16.4. The summed E-state index contributed by atoms with van der Waals surface area (Å²) < 4.78 is 33.1. The number of benzene rings is 2. The number of hydrogen-bond donors (Lipinski definition) is 1. The molecule has 0 bridgehead atoms. The zero-order valence-corrected chi connectivity index (χ0v) is 20.9. The highest BCUT2D eigenvalue weighted by molar-refractivity contribution is 7.89. The number of amides is 1. The van der Waals surface area contributed by atoms with Crippen LogP contribution in [0.1, 0.15) is 55.3 Å². The van der Waals surface area contributed by atoms with Gasteiger partial charge in [0.15, 0.2) is 0 Å². The number of nitrogens with zero attached hydrogens (tertiary/aromatic N) is 2. The summed E-state index contributed by atoms with van der Waals surface area (Å²) in [6, 6.07) is 14.5. The van der Waals surface area contributed by atoms with Crippen molar-refractivity contribution in [3.8, 4) is 5.75 Å². The molecule has 1 heterocycles. The molecule has 1 aliphatic heterocycles. The minimum atomic E-state index is -3.63. The molecule has 1 aliphatic carbocycles. The molecule has 7 nitrogen and oxygen atoms in total. The fourth-order valence-corrected chi connectivity index (χ4v) is 6.41. The monoisotopic (exact) mass is 485 g/mol. The fraction of sp³-hybridized carbons (Fsp3) is 0.500. The minimum absolute atomic E-state index is 0.0344. The van der Waals surface area contributed by atoms with Gasteiger partial charge in [-0.05, 0) is 68.1 Å². The van der Waals surface area contributed by atoms with Crippen molar-refractivity contribution < 1.29 is 17.9 Å². The first kappa shape index (κ1) is 24.5. The number of carbonyl (C=O) groups excluding carboxylic acids is 1. The van der Waals surface area contributed by atoms with E-state index in [1.54, 1.807) is 32.4 Å². The van der Waals surface area contributed by atoms with Gasteiger partial charge in [0.1, 0.15) is 5.75 Å². The van der Waals surface area contributed by atoms with Gasteiger partial charge in [-0.3, -0.25) is 4.79 Å². The highest BCUT2D eigenvalue weighted by Crippen LogP contribution is 2.27. The van der Waals surface area contributed by atoms with Crippen LogP contribution in [0.25, 0.3) is 0 Å².